The fourth-order valence-corrected chi connectivity index (χ4v) is 5.97. The van der Waals surface area contributed by atoms with Gasteiger partial charge >= 0.3 is 0 Å². The first kappa shape index (κ1) is 19.9. The Kier molecular flexibility index (Phi) is 5.61. The van der Waals surface area contributed by atoms with E-state index in [1.165, 1.54) is 4.31 Å². The van der Waals surface area contributed by atoms with E-state index in [1.54, 1.807) is 30.3 Å². The molecule has 0 spiro atoms. The molecule has 2 aromatic carbocycles. The molecule has 1 saturated heterocycles. The smallest absolute Gasteiger partial charge is 0.212 e. The zero-order valence-electron chi connectivity index (χ0n) is 14.3. The van der Waals surface area contributed by atoms with E-state index in [2.05, 4.69) is 0 Å². The molecule has 0 unspecified atom stereocenters. The van der Waals surface area contributed by atoms with Crippen molar-refractivity contribution in [1.82, 2.24) is 8.61 Å². The molecule has 1 aliphatic heterocycles. The molecule has 146 valence electrons. The Hall–Kier alpha value is -1.88. The zero-order valence-corrected chi connectivity index (χ0v) is 15.9. The lowest BCUT2D eigenvalue weighted by Gasteiger charge is -2.33. The molecule has 0 amide bonds. The first-order valence-corrected chi connectivity index (χ1v) is 11.2. The van der Waals surface area contributed by atoms with Crippen LogP contribution < -0.4 is 0 Å². The summed E-state index contributed by atoms with van der Waals surface area (Å²) >= 11 is 0. The molecule has 0 saturated carbocycles. The van der Waals surface area contributed by atoms with Crippen molar-refractivity contribution in [3.8, 4) is 0 Å². The molecule has 3 rings (SSSR count). The maximum Gasteiger partial charge on any atom is 0.249 e. The Morgan fingerprint density at radius 2 is 1.26 bits per heavy atom. The van der Waals surface area contributed by atoms with Crippen molar-refractivity contribution < 1.29 is 25.6 Å². The summed E-state index contributed by atoms with van der Waals surface area (Å²) in [4.78, 5) is -1.01. The Morgan fingerprint density at radius 1 is 0.741 bits per heavy atom. The minimum Gasteiger partial charge on any atom is -0.212 e. The molecule has 6 nitrogen and oxygen atoms in total. The summed E-state index contributed by atoms with van der Waals surface area (Å²) < 4.78 is 80.0. The third-order valence-electron chi connectivity index (χ3n) is 4.30. The number of hydrogen-bond donors (Lipinski definition) is 0. The van der Waals surface area contributed by atoms with Crippen molar-refractivity contribution in [3.05, 3.63) is 65.7 Å². The van der Waals surface area contributed by atoms with Gasteiger partial charge in [0.25, 0.3) is 0 Å². The van der Waals surface area contributed by atoms with E-state index in [1.807, 2.05) is 0 Å². The van der Waals surface area contributed by atoms with Crippen LogP contribution in [0.2, 0.25) is 0 Å². The molecule has 0 radical (unpaired) electrons. The third-order valence-corrected chi connectivity index (χ3v) is 8.10. The second-order valence-corrected chi connectivity index (χ2v) is 9.94. The van der Waals surface area contributed by atoms with Crippen molar-refractivity contribution in [2.24, 2.45) is 0 Å². The number of halogens is 2. The standard InChI is InChI=1S/C17H18F2N2O4S2/c18-15-7-4-8-16(19)17(15)27(24,25)21-11-9-20(10-12-21)26(22,23)13-14-5-2-1-3-6-14/h1-8H,9-13H2. The monoisotopic (exact) mass is 416 g/mol. The fraction of sp³-hybridized carbons (Fsp3) is 0.294. The number of rotatable bonds is 5. The van der Waals surface area contributed by atoms with Crippen LogP contribution in [-0.4, -0.2) is 51.6 Å². The van der Waals surface area contributed by atoms with Crippen LogP contribution in [0.15, 0.2) is 53.4 Å². The van der Waals surface area contributed by atoms with Crippen LogP contribution in [-0.2, 0) is 25.8 Å². The minimum absolute atomic E-state index is 0.0789. The van der Waals surface area contributed by atoms with Crippen LogP contribution in [0.25, 0.3) is 0 Å². The summed E-state index contributed by atoms with van der Waals surface area (Å²) in [5, 5.41) is 0. The number of hydrogen-bond acceptors (Lipinski definition) is 4. The Balaban J connectivity index is 1.73. The number of piperazine rings is 1. The van der Waals surface area contributed by atoms with E-state index in [9.17, 15) is 25.6 Å². The molecule has 2 aromatic rings. The van der Waals surface area contributed by atoms with Crippen LogP contribution in [0.1, 0.15) is 5.56 Å². The van der Waals surface area contributed by atoms with Gasteiger partial charge in [-0.15, -0.1) is 0 Å². The largest absolute Gasteiger partial charge is 0.249 e. The van der Waals surface area contributed by atoms with E-state index in [0.717, 1.165) is 22.5 Å². The Labute approximate surface area is 157 Å². The molecule has 0 atom stereocenters. The van der Waals surface area contributed by atoms with Crippen LogP contribution in [0, 0.1) is 11.6 Å². The zero-order chi connectivity index (χ0) is 19.7. The molecule has 1 fully saturated rings. The van der Waals surface area contributed by atoms with Crippen LogP contribution in [0.3, 0.4) is 0 Å². The van der Waals surface area contributed by atoms with Gasteiger partial charge in [-0.3, -0.25) is 0 Å². The van der Waals surface area contributed by atoms with Crippen molar-refractivity contribution in [2.45, 2.75) is 10.6 Å². The van der Waals surface area contributed by atoms with Gasteiger partial charge in [-0.05, 0) is 17.7 Å². The summed E-state index contributed by atoms with van der Waals surface area (Å²) in [6, 6.07) is 11.5. The number of benzene rings is 2. The van der Waals surface area contributed by atoms with Crippen LogP contribution in [0.5, 0.6) is 0 Å². The maximum absolute atomic E-state index is 13.9. The summed E-state index contributed by atoms with van der Waals surface area (Å²) in [7, 11) is -8.01. The molecular weight excluding hydrogens is 398 g/mol. The van der Waals surface area contributed by atoms with Crippen molar-refractivity contribution in [3.63, 3.8) is 0 Å². The fourth-order valence-electron chi connectivity index (χ4n) is 2.92. The second kappa shape index (κ2) is 7.63. The van der Waals surface area contributed by atoms with E-state index >= 15 is 0 Å². The summed E-state index contributed by atoms with van der Waals surface area (Å²) in [5.41, 5.74) is 0.626. The predicted octanol–water partition coefficient (Wildman–Crippen LogP) is 1.80. The van der Waals surface area contributed by atoms with E-state index in [-0.39, 0.29) is 31.9 Å². The summed E-state index contributed by atoms with van der Waals surface area (Å²) in [6.45, 7) is -0.511. The van der Waals surface area contributed by atoms with E-state index in [4.69, 9.17) is 0 Å². The normalized spacial score (nSPS) is 17.1. The van der Waals surface area contributed by atoms with Gasteiger partial charge in [0, 0.05) is 26.2 Å². The van der Waals surface area contributed by atoms with Gasteiger partial charge in [-0.1, -0.05) is 36.4 Å². The first-order chi connectivity index (χ1) is 12.7. The van der Waals surface area contributed by atoms with E-state index < -0.39 is 36.6 Å². The lowest BCUT2D eigenvalue weighted by Crippen LogP contribution is -2.50. The van der Waals surface area contributed by atoms with Gasteiger partial charge in [0.15, 0.2) is 4.90 Å². The molecule has 1 heterocycles. The van der Waals surface area contributed by atoms with Crippen molar-refractivity contribution in [2.75, 3.05) is 26.2 Å². The molecule has 10 heteroatoms. The first-order valence-electron chi connectivity index (χ1n) is 8.18. The van der Waals surface area contributed by atoms with Crippen molar-refractivity contribution in [1.29, 1.82) is 0 Å². The molecule has 0 aliphatic carbocycles. The van der Waals surface area contributed by atoms with Crippen LogP contribution in [0.4, 0.5) is 8.78 Å². The van der Waals surface area contributed by atoms with Gasteiger partial charge in [-0.2, -0.15) is 8.61 Å². The number of sulfonamides is 2. The quantitative estimate of drug-likeness (QED) is 0.745. The highest BCUT2D eigenvalue weighted by molar-refractivity contribution is 7.89. The molecule has 1 aliphatic rings. The van der Waals surface area contributed by atoms with Crippen LogP contribution >= 0.6 is 0 Å². The van der Waals surface area contributed by atoms with Gasteiger partial charge < -0.3 is 0 Å². The SMILES string of the molecule is O=S(=O)(Cc1ccccc1)N1CCN(S(=O)(=O)c2c(F)cccc2F)CC1. The average molecular weight is 416 g/mol. The maximum atomic E-state index is 13.9. The topological polar surface area (TPSA) is 74.8 Å². The minimum atomic E-state index is -4.39. The van der Waals surface area contributed by atoms with Gasteiger partial charge in [0.1, 0.15) is 11.6 Å². The third kappa shape index (κ3) is 4.18. The Morgan fingerprint density at radius 3 is 1.81 bits per heavy atom. The van der Waals surface area contributed by atoms with Gasteiger partial charge in [-0.25, -0.2) is 25.6 Å². The molecule has 27 heavy (non-hydrogen) atoms. The highest BCUT2D eigenvalue weighted by atomic mass is 32.2. The molecular formula is C17H18F2N2O4S2. The summed E-state index contributed by atoms with van der Waals surface area (Å²) in [5.74, 6) is -2.54. The second-order valence-electron chi connectivity index (χ2n) is 6.10. The molecule has 0 N–H and O–H groups in total. The highest BCUT2D eigenvalue weighted by Crippen LogP contribution is 2.24. The predicted molar refractivity (Wildman–Crippen MR) is 95.8 cm³/mol. The number of nitrogens with zero attached hydrogens (tertiary/aromatic N) is 2. The lowest BCUT2D eigenvalue weighted by molar-refractivity contribution is 0.271. The Bertz CT molecular complexity index is 1000. The lowest BCUT2D eigenvalue weighted by atomic mass is 10.2. The summed E-state index contributed by atoms with van der Waals surface area (Å²) in [6.07, 6.45) is 0. The highest BCUT2D eigenvalue weighted by Gasteiger charge is 2.35. The van der Waals surface area contributed by atoms with Crippen molar-refractivity contribution >= 4 is 20.0 Å². The average Bonchev–Trinajstić information content (AvgIpc) is 2.62. The van der Waals surface area contributed by atoms with Gasteiger partial charge in [0.05, 0.1) is 5.75 Å². The van der Waals surface area contributed by atoms with Gasteiger partial charge in [0.2, 0.25) is 20.0 Å². The molecule has 0 aromatic heterocycles. The molecule has 0 bridgehead atoms. The van der Waals surface area contributed by atoms with E-state index in [0.29, 0.717) is 5.56 Å².